The second-order valence-corrected chi connectivity index (χ2v) is 3.30. The fourth-order valence-electron chi connectivity index (χ4n) is 1.30. The first-order valence-electron chi connectivity index (χ1n) is 4.42. The highest BCUT2D eigenvalue weighted by Crippen LogP contribution is 2.30. The Morgan fingerprint density at radius 3 is 3.00 bits per heavy atom. The SMILES string of the molecule is CC(C=O)(C1=CC=CNO1)c1cnco1. The zero-order valence-corrected chi connectivity index (χ0v) is 8.14. The molecule has 0 aromatic carbocycles. The molecule has 2 rings (SSSR count). The minimum Gasteiger partial charge on any atom is -0.447 e. The third-order valence-electron chi connectivity index (χ3n) is 2.27. The largest absolute Gasteiger partial charge is 0.447 e. The van der Waals surface area contributed by atoms with Crippen molar-refractivity contribution in [3.63, 3.8) is 0 Å². The standard InChI is InChI=1S/C10H10N2O3/c1-10(6-13,9-5-11-7-14-9)8-3-2-4-12-15-8/h2-7,12H,1H3. The molecule has 0 fully saturated rings. The van der Waals surface area contributed by atoms with Gasteiger partial charge in [-0.05, 0) is 19.1 Å². The average molecular weight is 206 g/mol. The molecule has 0 saturated carbocycles. The van der Waals surface area contributed by atoms with E-state index >= 15 is 0 Å². The zero-order valence-electron chi connectivity index (χ0n) is 8.14. The van der Waals surface area contributed by atoms with Crippen LogP contribution >= 0.6 is 0 Å². The predicted octanol–water partition coefficient (Wildman–Crippen LogP) is 1.06. The van der Waals surface area contributed by atoms with Gasteiger partial charge in [-0.15, -0.1) is 0 Å². The summed E-state index contributed by atoms with van der Waals surface area (Å²) in [4.78, 5) is 20.1. The van der Waals surface area contributed by atoms with Crippen LogP contribution in [0, 0.1) is 0 Å². The van der Waals surface area contributed by atoms with E-state index in [4.69, 9.17) is 9.25 Å². The Kier molecular flexibility index (Phi) is 2.29. The first kappa shape index (κ1) is 9.51. The number of rotatable bonds is 3. The molecule has 1 aliphatic rings. The summed E-state index contributed by atoms with van der Waals surface area (Å²) in [6.07, 6.45) is 8.61. The van der Waals surface area contributed by atoms with E-state index in [-0.39, 0.29) is 0 Å². The number of allylic oxidation sites excluding steroid dienone is 3. The van der Waals surface area contributed by atoms with E-state index in [9.17, 15) is 4.79 Å². The maximum Gasteiger partial charge on any atom is 0.180 e. The van der Waals surface area contributed by atoms with Crippen molar-refractivity contribution in [2.75, 3.05) is 0 Å². The first-order chi connectivity index (χ1) is 7.27. The summed E-state index contributed by atoms with van der Waals surface area (Å²) in [5.74, 6) is 0.914. The van der Waals surface area contributed by atoms with Gasteiger partial charge in [0, 0.05) is 6.20 Å². The number of carbonyl (C=O) groups is 1. The van der Waals surface area contributed by atoms with Gasteiger partial charge in [-0.3, -0.25) is 0 Å². The molecule has 0 aliphatic carbocycles. The van der Waals surface area contributed by atoms with E-state index in [1.807, 2.05) is 0 Å². The van der Waals surface area contributed by atoms with Gasteiger partial charge in [0.25, 0.3) is 0 Å². The third-order valence-corrected chi connectivity index (χ3v) is 2.27. The predicted molar refractivity (Wildman–Crippen MR) is 51.4 cm³/mol. The lowest BCUT2D eigenvalue weighted by atomic mass is 9.87. The van der Waals surface area contributed by atoms with Gasteiger partial charge in [0.05, 0.1) is 6.20 Å². The molecule has 0 saturated heterocycles. The van der Waals surface area contributed by atoms with Crippen LogP contribution in [0.3, 0.4) is 0 Å². The molecule has 1 aliphatic heterocycles. The zero-order chi connectivity index (χ0) is 10.7. The normalized spacial score (nSPS) is 18.3. The second kappa shape index (κ2) is 3.61. The Morgan fingerprint density at radius 2 is 2.47 bits per heavy atom. The number of hydrogen-bond donors (Lipinski definition) is 1. The van der Waals surface area contributed by atoms with Crippen molar-refractivity contribution in [3.8, 4) is 0 Å². The summed E-state index contributed by atoms with van der Waals surface area (Å²) in [5.41, 5.74) is 1.62. The monoisotopic (exact) mass is 206 g/mol. The van der Waals surface area contributed by atoms with Gasteiger partial charge < -0.3 is 14.0 Å². The summed E-state index contributed by atoms with van der Waals surface area (Å²) < 4.78 is 5.13. The van der Waals surface area contributed by atoms with E-state index < -0.39 is 5.41 Å². The summed E-state index contributed by atoms with van der Waals surface area (Å²) in [7, 11) is 0. The molecule has 2 heterocycles. The Bertz CT molecular complexity index is 408. The van der Waals surface area contributed by atoms with Crippen molar-refractivity contribution >= 4 is 6.29 Å². The summed E-state index contributed by atoms with van der Waals surface area (Å²) in [6.45, 7) is 1.70. The van der Waals surface area contributed by atoms with Crippen molar-refractivity contribution in [1.29, 1.82) is 0 Å². The van der Waals surface area contributed by atoms with Crippen LogP contribution in [0.4, 0.5) is 0 Å². The molecule has 5 nitrogen and oxygen atoms in total. The highest BCUT2D eigenvalue weighted by atomic mass is 16.6. The van der Waals surface area contributed by atoms with Gasteiger partial charge in [-0.25, -0.2) is 10.5 Å². The molecule has 1 N–H and O–H groups in total. The Labute approximate surface area is 86.4 Å². The molecule has 0 amide bonds. The van der Waals surface area contributed by atoms with Crippen LogP contribution in [0.15, 0.2) is 41.1 Å². The van der Waals surface area contributed by atoms with Gasteiger partial charge in [0.2, 0.25) is 0 Å². The van der Waals surface area contributed by atoms with Crippen LogP contribution in [0.5, 0.6) is 0 Å². The van der Waals surface area contributed by atoms with E-state index in [1.165, 1.54) is 12.6 Å². The number of aldehydes is 1. The maximum atomic E-state index is 11.2. The van der Waals surface area contributed by atoms with Crippen molar-refractivity contribution in [3.05, 3.63) is 42.5 Å². The number of nitrogens with one attached hydrogen (secondary N) is 1. The molecular weight excluding hydrogens is 196 g/mol. The topological polar surface area (TPSA) is 64.4 Å². The highest BCUT2D eigenvalue weighted by molar-refractivity contribution is 5.71. The van der Waals surface area contributed by atoms with E-state index in [1.54, 1.807) is 25.3 Å². The second-order valence-electron chi connectivity index (χ2n) is 3.30. The summed E-state index contributed by atoms with van der Waals surface area (Å²) in [5, 5.41) is 0. The van der Waals surface area contributed by atoms with Crippen molar-refractivity contribution in [2.45, 2.75) is 12.3 Å². The fraction of sp³-hybridized carbons (Fsp3) is 0.200. The molecule has 1 aromatic rings. The number of nitrogens with zero attached hydrogens (tertiary/aromatic N) is 1. The van der Waals surface area contributed by atoms with Crippen LogP contribution in [0.25, 0.3) is 0 Å². The lowest BCUT2D eigenvalue weighted by molar-refractivity contribution is -0.113. The van der Waals surface area contributed by atoms with Gasteiger partial charge in [0.1, 0.15) is 17.5 Å². The molecule has 1 unspecified atom stereocenters. The van der Waals surface area contributed by atoms with Crippen LogP contribution in [-0.2, 0) is 15.0 Å². The fourth-order valence-corrected chi connectivity index (χ4v) is 1.30. The number of carbonyl (C=O) groups excluding carboxylic acids is 1. The van der Waals surface area contributed by atoms with Gasteiger partial charge >= 0.3 is 0 Å². The molecule has 0 radical (unpaired) electrons. The van der Waals surface area contributed by atoms with Crippen LogP contribution in [0.1, 0.15) is 12.7 Å². The van der Waals surface area contributed by atoms with Gasteiger partial charge in [-0.1, -0.05) is 0 Å². The molecule has 15 heavy (non-hydrogen) atoms. The number of aromatic nitrogens is 1. The van der Waals surface area contributed by atoms with Crippen molar-refractivity contribution in [1.82, 2.24) is 10.5 Å². The average Bonchev–Trinajstić information content (AvgIpc) is 2.83. The highest BCUT2D eigenvalue weighted by Gasteiger charge is 2.37. The lowest BCUT2D eigenvalue weighted by Crippen LogP contribution is -2.31. The molecule has 1 aromatic heterocycles. The van der Waals surface area contributed by atoms with Gasteiger partial charge in [-0.2, -0.15) is 0 Å². The van der Waals surface area contributed by atoms with Crippen molar-refractivity contribution in [2.24, 2.45) is 0 Å². The maximum absolute atomic E-state index is 11.2. The van der Waals surface area contributed by atoms with Gasteiger partial charge in [0.15, 0.2) is 12.2 Å². The molecule has 78 valence electrons. The van der Waals surface area contributed by atoms with E-state index in [0.29, 0.717) is 11.5 Å². The number of hydrogen-bond acceptors (Lipinski definition) is 5. The van der Waals surface area contributed by atoms with E-state index in [0.717, 1.165) is 6.29 Å². The minimum atomic E-state index is -0.950. The molecule has 1 atom stereocenters. The lowest BCUT2D eigenvalue weighted by Gasteiger charge is -2.24. The molecule has 0 bridgehead atoms. The van der Waals surface area contributed by atoms with Crippen LogP contribution in [-0.4, -0.2) is 11.3 Å². The van der Waals surface area contributed by atoms with Crippen LogP contribution in [0.2, 0.25) is 0 Å². The molecular formula is C10H10N2O3. The van der Waals surface area contributed by atoms with Crippen LogP contribution < -0.4 is 5.48 Å². The summed E-state index contributed by atoms with van der Waals surface area (Å²) >= 11 is 0. The van der Waals surface area contributed by atoms with Crippen molar-refractivity contribution < 1.29 is 14.0 Å². The van der Waals surface area contributed by atoms with E-state index in [2.05, 4.69) is 10.5 Å². The smallest absolute Gasteiger partial charge is 0.180 e. The minimum absolute atomic E-state index is 0.445. The molecule has 5 heteroatoms. The number of hydroxylamine groups is 1. The summed E-state index contributed by atoms with van der Waals surface area (Å²) in [6, 6.07) is 0. The first-order valence-corrected chi connectivity index (χ1v) is 4.42. The Hall–Kier alpha value is -2.04. The Morgan fingerprint density at radius 1 is 1.60 bits per heavy atom. The number of oxazole rings is 1. The molecule has 0 spiro atoms. The Balaban J connectivity index is 2.41. The quantitative estimate of drug-likeness (QED) is 0.749. The third kappa shape index (κ3) is 1.52.